The summed E-state index contributed by atoms with van der Waals surface area (Å²) in [5.74, 6) is 0.642. The Morgan fingerprint density at radius 2 is 1.97 bits per heavy atom. The molecule has 3 aliphatic heterocycles. The van der Waals surface area contributed by atoms with Gasteiger partial charge in [0, 0.05) is 56.3 Å². The van der Waals surface area contributed by atoms with Crippen molar-refractivity contribution in [3.8, 4) is 0 Å². The smallest absolute Gasteiger partial charge is 0.370 e. The minimum absolute atomic E-state index is 0.0129. The van der Waals surface area contributed by atoms with Crippen LogP contribution in [0.15, 0.2) is 31.1 Å². The topological polar surface area (TPSA) is 72.2 Å². The highest BCUT2D eigenvalue weighted by Crippen LogP contribution is 2.43. The summed E-state index contributed by atoms with van der Waals surface area (Å²) < 4.78 is 47.0. The molecule has 6 heterocycles. The van der Waals surface area contributed by atoms with Gasteiger partial charge in [-0.3, -0.25) is 4.98 Å². The molecular weight excluding hydrogens is 459 g/mol. The van der Waals surface area contributed by atoms with Crippen LogP contribution in [0.3, 0.4) is 0 Å². The van der Waals surface area contributed by atoms with Crippen LogP contribution in [0.5, 0.6) is 0 Å². The van der Waals surface area contributed by atoms with Crippen LogP contribution in [0, 0.1) is 5.41 Å². The molecule has 35 heavy (non-hydrogen) atoms. The van der Waals surface area contributed by atoms with E-state index in [0.29, 0.717) is 31.3 Å². The van der Waals surface area contributed by atoms with Gasteiger partial charge < -0.3 is 14.5 Å². The monoisotopic (exact) mass is 485 g/mol. The van der Waals surface area contributed by atoms with Crippen LogP contribution < -0.4 is 9.80 Å². The van der Waals surface area contributed by atoms with E-state index in [1.165, 1.54) is 6.20 Å². The largest absolute Gasteiger partial charge is 0.433 e. The molecule has 3 fully saturated rings. The Labute approximate surface area is 200 Å². The lowest BCUT2D eigenvalue weighted by Crippen LogP contribution is -2.57. The fourth-order valence-electron chi connectivity index (χ4n) is 5.44. The van der Waals surface area contributed by atoms with E-state index in [-0.39, 0.29) is 11.6 Å². The van der Waals surface area contributed by atoms with Crippen LogP contribution in [-0.4, -0.2) is 57.5 Å². The average Bonchev–Trinajstić information content (AvgIpc) is 3.45. The summed E-state index contributed by atoms with van der Waals surface area (Å²) in [6, 6.07) is 2.76. The van der Waals surface area contributed by atoms with E-state index >= 15 is 0 Å². The molecule has 0 radical (unpaired) electrons. The number of rotatable bonds is 4. The first kappa shape index (κ1) is 22.3. The van der Waals surface area contributed by atoms with Gasteiger partial charge in [0.05, 0.1) is 11.1 Å². The number of aromatic nitrogens is 5. The normalized spacial score (nSPS) is 22.1. The van der Waals surface area contributed by atoms with E-state index in [1.807, 2.05) is 9.58 Å². The first-order valence-electron chi connectivity index (χ1n) is 11.9. The van der Waals surface area contributed by atoms with E-state index in [0.717, 1.165) is 61.6 Å². The third-order valence-electron chi connectivity index (χ3n) is 7.26. The highest BCUT2D eigenvalue weighted by atomic mass is 19.4. The van der Waals surface area contributed by atoms with Crippen LogP contribution in [0.25, 0.3) is 17.1 Å². The predicted molar refractivity (Wildman–Crippen MR) is 125 cm³/mol. The second-order valence-electron chi connectivity index (χ2n) is 9.69. The zero-order chi connectivity index (χ0) is 24.2. The van der Waals surface area contributed by atoms with Crippen molar-refractivity contribution in [2.75, 3.05) is 42.6 Å². The van der Waals surface area contributed by atoms with Crippen LogP contribution in [0.2, 0.25) is 0 Å². The molecule has 3 saturated heterocycles. The molecule has 11 heteroatoms. The highest BCUT2D eigenvalue weighted by molar-refractivity contribution is 5.84. The zero-order valence-corrected chi connectivity index (χ0v) is 19.2. The standard InChI is InChI=1S/C24H26F3N7O/c1-2-18-17-12-29-22(30-21(17)34(31-18)20-5-3-4-10-35-20)32-9-7-23(13-32)14-33(15-23)16-6-8-28-19(11-16)24(25,26)27/h2,6,8,11-12,20H,1,3-5,7,9-10,13-15H2. The molecule has 1 atom stereocenters. The van der Waals surface area contributed by atoms with Crippen molar-refractivity contribution < 1.29 is 17.9 Å². The van der Waals surface area contributed by atoms with Crippen molar-refractivity contribution in [3.63, 3.8) is 0 Å². The van der Waals surface area contributed by atoms with E-state index in [4.69, 9.17) is 9.72 Å². The van der Waals surface area contributed by atoms with Gasteiger partial charge in [0.25, 0.3) is 0 Å². The fourth-order valence-corrected chi connectivity index (χ4v) is 5.44. The summed E-state index contributed by atoms with van der Waals surface area (Å²) in [5.41, 5.74) is 1.19. The summed E-state index contributed by atoms with van der Waals surface area (Å²) in [6.45, 7) is 7.53. The van der Waals surface area contributed by atoms with Crippen molar-refractivity contribution in [1.29, 1.82) is 0 Å². The minimum Gasteiger partial charge on any atom is -0.370 e. The van der Waals surface area contributed by atoms with Gasteiger partial charge in [-0.25, -0.2) is 9.67 Å². The van der Waals surface area contributed by atoms with Gasteiger partial charge in [-0.2, -0.15) is 23.3 Å². The Morgan fingerprint density at radius 1 is 1.14 bits per heavy atom. The van der Waals surface area contributed by atoms with E-state index in [1.54, 1.807) is 18.3 Å². The van der Waals surface area contributed by atoms with Gasteiger partial charge in [0.15, 0.2) is 11.9 Å². The first-order valence-corrected chi connectivity index (χ1v) is 11.9. The van der Waals surface area contributed by atoms with Crippen molar-refractivity contribution in [1.82, 2.24) is 24.7 Å². The number of alkyl halides is 3. The van der Waals surface area contributed by atoms with Crippen LogP contribution in [0.4, 0.5) is 24.8 Å². The molecule has 0 N–H and O–H groups in total. The molecule has 1 unspecified atom stereocenters. The van der Waals surface area contributed by atoms with Gasteiger partial charge in [-0.15, -0.1) is 0 Å². The minimum atomic E-state index is -4.45. The number of anilines is 2. The van der Waals surface area contributed by atoms with Crippen LogP contribution >= 0.6 is 0 Å². The van der Waals surface area contributed by atoms with Crippen LogP contribution in [0.1, 0.15) is 43.3 Å². The summed E-state index contributed by atoms with van der Waals surface area (Å²) in [5, 5.41) is 5.53. The molecule has 1 spiro atoms. The molecule has 8 nitrogen and oxygen atoms in total. The molecule has 0 amide bonds. The lowest BCUT2D eigenvalue weighted by molar-refractivity contribution is -0.141. The number of hydrogen-bond donors (Lipinski definition) is 0. The zero-order valence-electron chi connectivity index (χ0n) is 19.2. The molecule has 6 rings (SSSR count). The second kappa shape index (κ2) is 8.18. The summed E-state index contributed by atoms with van der Waals surface area (Å²) in [4.78, 5) is 17.1. The van der Waals surface area contributed by atoms with Gasteiger partial charge in [-0.05, 0) is 43.9 Å². The highest BCUT2D eigenvalue weighted by Gasteiger charge is 2.48. The van der Waals surface area contributed by atoms with Crippen molar-refractivity contribution in [3.05, 3.63) is 42.5 Å². The lowest BCUT2D eigenvalue weighted by atomic mass is 9.79. The molecule has 3 aromatic heterocycles. The summed E-state index contributed by atoms with van der Waals surface area (Å²) in [7, 11) is 0. The van der Waals surface area contributed by atoms with Crippen molar-refractivity contribution in [2.24, 2.45) is 5.41 Å². The van der Waals surface area contributed by atoms with Crippen molar-refractivity contribution >= 4 is 28.7 Å². The SMILES string of the molecule is C=Cc1nn(C2CCCCO2)c2nc(N3CCC4(CN(c5ccnc(C(F)(F)F)c5)C4)C3)ncc12. The molecule has 0 aliphatic carbocycles. The maximum Gasteiger partial charge on any atom is 0.433 e. The van der Waals surface area contributed by atoms with Gasteiger partial charge >= 0.3 is 6.18 Å². The molecule has 3 aromatic rings. The average molecular weight is 486 g/mol. The fraction of sp³-hybridized carbons (Fsp3) is 0.500. The summed E-state index contributed by atoms with van der Waals surface area (Å²) >= 11 is 0. The Bertz CT molecular complexity index is 1260. The van der Waals surface area contributed by atoms with E-state index < -0.39 is 11.9 Å². The molecule has 0 saturated carbocycles. The maximum absolute atomic E-state index is 13.0. The second-order valence-corrected chi connectivity index (χ2v) is 9.69. The third kappa shape index (κ3) is 3.91. The van der Waals surface area contributed by atoms with Gasteiger partial charge in [0.2, 0.25) is 5.95 Å². The maximum atomic E-state index is 13.0. The molecule has 0 aromatic carbocycles. The Balaban J connectivity index is 1.20. The van der Waals surface area contributed by atoms with Gasteiger partial charge in [0.1, 0.15) is 5.69 Å². The molecular formula is C24H26F3N7O. The third-order valence-corrected chi connectivity index (χ3v) is 7.26. The van der Waals surface area contributed by atoms with Crippen LogP contribution in [-0.2, 0) is 10.9 Å². The molecule has 184 valence electrons. The van der Waals surface area contributed by atoms with Crippen molar-refractivity contribution in [2.45, 2.75) is 38.1 Å². The Morgan fingerprint density at radius 3 is 2.71 bits per heavy atom. The summed E-state index contributed by atoms with van der Waals surface area (Å²) in [6.07, 6.45) is 4.11. The first-order chi connectivity index (χ1) is 16.9. The van der Waals surface area contributed by atoms with E-state index in [2.05, 4.69) is 26.5 Å². The Hall–Kier alpha value is -3.21. The quantitative estimate of drug-likeness (QED) is 0.546. The Kier molecular flexibility index (Phi) is 5.21. The predicted octanol–water partition coefficient (Wildman–Crippen LogP) is 4.30. The number of fused-ring (bicyclic) bond motifs is 1. The molecule has 3 aliphatic rings. The number of pyridine rings is 1. The number of ether oxygens (including phenoxy) is 1. The molecule has 0 bridgehead atoms. The van der Waals surface area contributed by atoms with E-state index in [9.17, 15) is 13.2 Å². The number of halogens is 3. The number of nitrogens with zero attached hydrogens (tertiary/aromatic N) is 7. The number of hydrogen-bond acceptors (Lipinski definition) is 7. The van der Waals surface area contributed by atoms with Gasteiger partial charge in [-0.1, -0.05) is 6.58 Å². The lowest BCUT2D eigenvalue weighted by Gasteiger charge is -2.49.